The van der Waals surface area contributed by atoms with E-state index in [-0.39, 0.29) is 12.4 Å². The normalized spacial score (nSPS) is 10.7. The van der Waals surface area contributed by atoms with E-state index in [9.17, 15) is 4.79 Å². The number of carbonyl (C=O) groups is 1. The summed E-state index contributed by atoms with van der Waals surface area (Å²) in [5.74, 6) is 0.507. The van der Waals surface area contributed by atoms with Crippen LogP contribution >= 0.6 is 12.4 Å². The van der Waals surface area contributed by atoms with E-state index >= 15 is 0 Å². The summed E-state index contributed by atoms with van der Waals surface area (Å²) in [4.78, 5) is 14.8. The fourth-order valence-electron chi connectivity index (χ4n) is 1.22. The highest BCUT2D eigenvalue weighted by Crippen LogP contribution is 2.03. The SMILES string of the molecule is CCCCN=C(N)c1cccc(C=O)c1.Cl. The highest BCUT2D eigenvalue weighted by atomic mass is 35.5. The Morgan fingerprint density at radius 1 is 1.50 bits per heavy atom. The second-order valence-electron chi connectivity index (χ2n) is 3.36. The Morgan fingerprint density at radius 2 is 2.25 bits per heavy atom. The minimum Gasteiger partial charge on any atom is -0.384 e. The summed E-state index contributed by atoms with van der Waals surface area (Å²) in [6, 6.07) is 7.16. The van der Waals surface area contributed by atoms with Crippen molar-refractivity contribution in [3.8, 4) is 0 Å². The van der Waals surface area contributed by atoms with Crippen LogP contribution < -0.4 is 5.73 Å². The van der Waals surface area contributed by atoms with Crippen LogP contribution in [0.2, 0.25) is 0 Å². The molecular weight excluding hydrogens is 224 g/mol. The molecule has 1 aromatic rings. The van der Waals surface area contributed by atoms with E-state index in [1.54, 1.807) is 18.2 Å². The smallest absolute Gasteiger partial charge is 0.150 e. The first-order chi connectivity index (χ1) is 7.27. The van der Waals surface area contributed by atoms with Crippen molar-refractivity contribution in [3.05, 3.63) is 35.4 Å². The molecule has 0 aliphatic carbocycles. The third-order valence-corrected chi connectivity index (χ3v) is 2.11. The van der Waals surface area contributed by atoms with Gasteiger partial charge in [-0.3, -0.25) is 9.79 Å². The maximum absolute atomic E-state index is 10.6. The second-order valence-corrected chi connectivity index (χ2v) is 3.36. The van der Waals surface area contributed by atoms with Gasteiger partial charge in [0.05, 0.1) is 0 Å². The number of hydrogen-bond acceptors (Lipinski definition) is 2. The molecule has 2 N–H and O–H groups in total. The Morgan fingerprint density at radius 3 is 2.88 bits per heavy atom. The van der Waals surface area contributed by atoms with E-state index in [0.29, 0.717) is 11.4 Å². The molecule has 1 aromatic carbocycles. The van der Waals surface area contributed by atoms with E-state index in [0.717, 1.165) is 31.2 Å². The molecule has 0 aliphatic rings. The van der Waals surface area contributed by atoms with Gasteiger partial charge in [0.1, 0.15) is 12.1 Å². The minimum absolute atomic E-state index is 0. The van der Waals surface area contributed by atoms with E-state index < -0.39 is 0 Å². The first-order valence-electron chi connectivity index (χ1n) is 5.13. The summed E-state index contributed by atoms with van der Waals surface area (Å²) < 4.78 is 0. The number of amidine groups is 1. The summed E-state index contributed by atoms with van der Waals surface area (Å²) in [6.45, 7) is 2.85. The Kier molecular flexibility index (Phi) is 7.21. The third kappa shape index (κ3) is 4.45. The number of hydrogen-bond donors (Lipinski definition) is 1. The lowest BCUT2D eigenvalue weighted by Crippen LogP contribution is -2.14. The fraction of sp³-hybridized carbons (Fsp3) is 0.333. The molecule has 88 valence electrons. The Labute approximate surface area is 102 Å². The van der Waals surface area contributed by atoms with Gasteiger partial charge in [-0.05, 0) is 12.5 Å². The van der Waals surface area contributed by atoms with E-state index in [1.807, 2.05) is 6.07 Å². The molecule has 0 amide bonds. The molecule has 0 fully saturated rings. The maximum Gasteiger partial charge on any atom is 0.150 e. The largest absolute Gasteiger partial charge is 0.384 e. The van der Waals surface area contributed by atoms with Crippen LogP contribution in [0.4, 0.5) is 0 Å². The zero-order valence-electron chi connectivity index (χ0n) is 9.35. The molecule has 0 bridgehead atoms. The van der Waals surface area contributed by atoms with E-state index in [4.69, 9.17) is 5.73 Å². The van der Waals surface area contributed by atoms with Crippen LogP contribution in [0.5, 0.6) is 0 Å². The van der Waals surface area contributed by atoms with Crippen LogP contribution in [0.1, 0.15) is 35.7 Å². The van der Waals surface area contributed by atoms with Crippen molar-refractivity contribution in [1.29, 1.82) is 0 Å². The molecule has 0 spiro atoms. The molecule has 4 heteroatoms. The fourth-order valence-corrected chi connectivity index (χ4v) is 1.22. The molecule has 0 saturated heterocycles. The van der Waals surface area contributed by atoms with E-state index in [1.165, 1.54) is 0 Å². The van der Waals surface area contributed by atoms with Crippen LogP contribution in [0, 0.1) is 0 Å². The maximum atomic E-state index is 10.6. The van der Waals surface area contributed by atoms with Crippen molar-refractivity contribution in [2.75, 3.05) is 6.54 Å². The summed E-state index contributed by atoms with van der Waals surface area (Å²) in [6.07, 6.45) is 2.95. The Hall–Kier alpha value is -1.35. The first-order valence-corrected chi connectivity index (χ1v) is 5.13. The second kappa shape index (κ2) is 7.88. The van der Waals surface area contributed by atoms with Gasteiger partial charge in [-0.15, -0.1) is 12.4 Å². The average molecular weight is 241 g/mol. The quantitative estimate of drug-likeness (QED) is 0.372. The lowest BCUT2D eigenvalue weighted by atomic mass is 10.1. The number of halogens is 1. The van der Waals surface area contributed by atoms with Gasteiger partial charge in [0.15, 0.2) is 0 Å². The standard InChI is InChI=1S/C12H16N2O.ClH/c1-2-3-7-14-12(13)11-6-4-5-10(8-11)9-15;/h4-6,8-9H,2-3,7H2,1H3,(H2,13,14);1H. The molecule has 0 aliphatic heterocycles. The molecule has 0 saturated carbocycles. The number of unbranched alkanes of at least 4 members (excludes halogenated alkanes) is 1. The number of aliphatic imine (C=N–C) groups is 1. The van der Waals surface area contributed by atoms with Crippen molar-refractivity contribution >= 4 is 24.5 Å². The predicted molar refractivity (Wildman–Crippen MR) is 69.6 cm³/mol. The number of carbonyl (C=O) groups excluding carboxylic acids is 1. The van der Waals surface area contributed by atoms with Crippen LogP contribution in [0.3, 0.4) is 0 Å². The Bertz CT molecular complexity index is 364. The van der Waals surface area contributed by atoms with Crippen molar-refractivity contribution in [1.82, 2.24) is 0 Å². The van der Waals surface area contributed by atoms with Gasteiger partial charge < -0.3 is 5.73 Å². The number of benzene rings is 1. The number of nitrogens with two attached hydrogens (primary N) is 1. The summed E-state index contributed by atoms with van der Waals surface area (Å²) >= 11 is 0. The van der Waals surface area contributed by atoms with Crippen LogP contribution in [0.25, 0.3) is 0 Å². The summed E-state index contributed by atoms with van der Waals surface area (Å²) in [5, 5.41) is 0. The molecule has 0 aromatic heterocycles. The molecular formula is C12H17ClN2O. The van der Waals surface area contributed by atoms with Gasteiger partial charge in [0.25, 0.3) is 0 Å². The van der Waals surface area contributed by atoms with Crippen LogP contribution in [0.15, 0.2) is 29.3 Å². The van der Waals surface area contributed by atoms with Crippen molar-refractivity contribution in [3.63, 3.8) is 0 Å². The molecule has 16 heavy (non-hydrogen) atoms. The van der Waals surface area contributed by atoms with Gasteiger partial charge in [-0.1, -0.05) is 31.5 Å². The molecule has 3 nitrogen and oxygen atoms in total. The topological polar surface area (TPSA) is 55.4 Å². The zero-order valence-corrected chi connectivity index (χ0v) is 10.2. The van der Waals surface area contributed by atoms with Crippen molar-refractivity contribution < 1.29 is 4.79 Å². The molecule has 0 radical (unpaired) electrons. The van der Waals surface area contributed by atoms with Crippen molar-refractivity contribution in [2.45, 2.75) is 19.8 Å². The first kappa shape index (κ1) is 14.6. The highest BCUT2D eigenvalue weighted by Gasteiger charge is 1.98. The lowest BCUT2D eigenvalue weighted by molar-refractivity contribution is 0.112. The third-order valence-electron chi connectivity index (χ3n) is 2.11. The number of rotatable bonds is 5. The summed E-state index contributed by atoms with van der Waals surface area (Å²) in [7, 11) is 0. The highest BCUT2D eigenvalue weighted by molar-refractivity contribution is 5.98. The van der Waals surface area contributed by atoms with Crippen molar-refractivity contribution in [2.24, 2.45) is 10.7 Å². The lowest BCUT2D eigenvalue weighted by Gasteiger charge is -2.01. The van der Waals surface area contributed by atoms with Gasteiger partial charge in [-0.25, -0.2) is 0 Å². The molecule has 0 unspecified atom stereocenters. The molecule has 0 atom stereocenters. The number of aldehydes is 1. The monoisotopic (exact) mass is 240 g/mol. The van der Waals surface area contributed by atoms with Gasteiger partial charge in [0, 0.05) is 17.7 Å². The van der Waals surface area contributed by atoms with Crippen LogP contribution in [-0.4, -0.2) is 18.7 Å². The number of nitrogens with zero attached hydrogens (tertiary/aromatic N) is 1. The Balaban J connectivity index is 0.00000225. The van der Waals surface area contributed by atoms with Gasteiger partial charge in [-0.2, -0.15) is 0 Å². The van der Waals surface area contributed by atoms with E-state index in [2.05, 4.69) is 11.9 Å². The average Bonchev–Trinajstić information content (AvgIpc) is 2.29. The summed E-state index contributed by atoms with van der Waals surface area (Å²) in [5.41, 5.74) is 7.23. The predicted octanol–water partition coefficient (Wildman–Crippen LogP) is 2.43. The molecule has 1 rings (SSSR count). The minimum atomic E-state index is 0. The van der Waals surface area contributed by atoms with Gasteiger partial charge >= 0.3 is 0 Å². The van der Waals surface area contributed by atoms with Crippen LogP contribution in [-0.2, 0) is 0 Å². The van der Waals surface area contributed by atoms with Gasteiger partial charge in [0.2, 0.25) is 0 Å². The molecule has 0 heterocycles. The zero-order chi connectivity index (χ0) is 11.1.